The standard InChI is InChI=1S/C22H26N2O5S/c1-14(2)20(22(26)29-4)23-21(25)17-9-7-10-18(13-17)30(27,28)24-15(3)12-16-8-5-6-11-19(16)24/h5-11,13-15,20H,12H2,1-4H3,(H,23,25). The van der Waals surface area contributed by atoms with Crippen molar-refractivity contribution in [3.8, 4) is 0 Å². The van der Waals surface area contributed by atoms with Crippen LogP contribution < -0.4 is 9.62 Å². The SMILES string of the molecule is COC(=O)C(NC(=O)c1cccc(S(=O)(=O)N2c3ccccc3CC2C)c1)C(C)C. The number of hydrogen-bond acceptors (Lipinski definition) is 5. The monoisotopic (exact) mass is 430 g/mol. The Balaban J connectivity index is 1.91. The van der Waals surface area contributed by atoms with Crippen LogP contribution in [-0.4, -0.2) is 39.5 Å². The summed E-state index contributed by atoms with van der Waals surface area (Å²) >= 11 is 0. The lowest BCUT2D eigenvalue weighted by atomic mass is 10.0. The molecular formula is C22H26N2O5S. The van der Waals surface area contributed by atoms with Gasteiger partial charge in [0.15, 0.2) is 0 Å². The lowest BCUT2D eigenvalue weighted by molar-refractivity contribution is -0.144. The second kappa shape index (κ2) is 8.47. The van der Waals surface area contributed by atoms with Crippen molar-refractivity contribution in [1.29, 1.82) is 0 Å². The highest BCUT2D eigenvalue weighted by Gasteiger charge is 2.36. The molecule has 2 aromatic carbocycles. The van der Waals surface area contributed by atoms with Crippen molar-refractivity contribution in [2.45, 2.75) is 44.2 Å². The molecule has 0 aliphatic carbocycles. The molecular weight excluding hydrogens is 404 g/mol. The van der Waals surface area contributed by atoms with Crippen molar-refractivity contribution in [2.24, 2.45) is 5.92 Å². The van der Waals surface area contributed by atoms with E-state index in [1.54, 1.807) is 19.9 Å². The molecule has 1 aliphatic rings. The number of sulfonamides is 1. The Bertz CT molecular complexity index is 1060. The van der Waals surface area contributed by atoms with Gasteiger partial charge < -0.3 is 10.1 Å². The fraction of sp³-hybridized carbons (Fsp3) is 0.364. The van der Waals surface area contributed by atoms with Crippen molar-refractivity contribution < 1.29 is 22.7 Å². The number of anilines is 1. The van der Waals surface area contributed by atoms with E-state index in [-0.39, 0.29) is 22.4 Å². The van der Waals surface area contributed by atoms with Crippen LogP contribution in [0.2, 0.25) is 0 Å². The van der Waals surface area contributed by atoms with E-state index in [1.165, 1.54) is 35.7 Å². The maximum atomic E-state index is 13.4. The van der Waals surface area contributed by atoms with E-state index in [4.69, 9.17) is 4.74 Å². The molecule has 30 heavy (non-hydrogen) atoms. The molecule has 0 radical (unpaired) electrons. The van der Waals surface area contributed by atoms with E-state index < -0.39 is 27.9 Å². The molecule has 1 N–H and O–H groups in total. The van der Waals surface area contributed by atoms with Gasteiger partial charge in [-0.15, -0.1) is 0 Å². The van der Waals surface area contributed by atoms with E-state index in [0.29, 0.717) is 12.1 Å². The van der Waals surface area contributed by atoms with Gasteiger partial charge in [0.25, 0.3) is 15.9 Å². The van der Waals surface area contributed by atoms with E-state index in [1.807, 2.05) is 25.1 Å². The highest BCUT2D eigenvalue weighted by Crippen LogP contribution is 2.36. The lowest BCUT2D eigenvalue weighted by Gasteiger charge is -2.25. The maximum Gasteiger partial charge on any atom is 0.328 e. The van der Waals surface area contributed by atoms with E-state index >= 15 is 0 Å². The van der Waals surface area contributed by atoms with Crippen LogP contribution in [0.15, 0.2) is 53.4 Å². The summed E-state index contributed by atoms with van der Waals surface area (Å²) < 4.78 is 32.9. The predicted octanol–water partition coefficient (Wildman–Crippen LogP) is 2.75. The Hall–Kier alpha value is -2.87. The summed E-state index contributed by atoms with van der Waals surface area (Å²) in [6, 6.07) is 12.2. The van der Waals surface area contributed by atoms with Gasteiger partial charge >= 0.3 is 5.97 Å². The first kappa shape index (κ1) is 21.8. The van der Waals surface area contributed by atoms with Crippen molar-refractivity contribution >= 4 is 27.6 Å². The first-order chi connectivity index (χ1) is 14.2. The van der Waals surface area contributed by atoms with Crippen LogP contribution in [0, 0.1) is 5.92 Å². The van der Waals surface area contributed by atoms with E-state index in [0.717, 1.165) is 5.56 Å². The Labute approximate surface area is 177 Å². The fourth-order valence-electron chi connectivity index (χ4n) is 3.66. The minimum Gasteiger partial charge on any atom is -0.467 e. The highest BCUT2D eigenvalue weighted by atomic mass is 32.2. The van der Waals surface area contributed by atoms with Gasteiger partial charge in [0.1, 0.15) is 6.04 Å². The minimum absolute atomic E-state index is 0.0258. The highest BCUT2D eigenvalue weighted by molar-refractivity contribution is 7.92. The zero-order chi connectivity index (χ0) is 22.1. The van der Waals surface area contributed by atoms with Gasteiger partial charge in [-0.3, -0.25) is 9.10 Å². The Kier molecular flexibility index (Phi) is 6.17. The van der Waals surface area contributed by atoms with Gasteiger partial charge in [0.05, 0.1) is 17.7 Å². The number of methoxy groups -OCH3 is 1. The van der Waals surface area contributed by atoms with E-state index in [9.17, 15) is 18.0 Å². The molecule has 1 amide bonds. The smallest absolute Gasteiger partial charge is 0.328 e. The number of nitrogens with one attached hydrogen (secondary N) is 1. The molecule has 0 fully saturated rings. The molecule has 0 spiro atoms. The van der Waals surface area contributed by atoms with Crippen LogP contribution in [0.25, 0.3) is 0 Å². The molecule has 1 heterocycles. The quantitative estimate of drug-likeness (QED) is 0.712. The summed E-state index contributed by atoms with van der Waals surface area (Å²) in [5.74, 6) is -1.27. The molecule has 2 unspecified atom stereocenters. The molecule has 8 heteroatoms. The third kappa shape index (κ3) is 4.05. The number of ether oxygens (including phenoxy) is 1. The number of carbonyl (C=O) groups excluding carboxylic acids is 2. The normalized spacial score (nSPS) is 16.8. The van der Waals surface area contributed by atoms with Crippen LogP contribution in [0.4, 0.5) is 5.69 Å². The predicted molar refractivity (Wildman–Crippen MR) is 114 cm³/mol. The Morgan fingerprint density at radius 1 is 1.13 bits per heavy atom. The van der Waals surface area contributed by atoms with E-state index in [2.05, 4.69) is 5.32 Å². The molecule has 0 aromatic heterocycles. The van der Waals surface area contributed by atoms with Crippen LogP contribution in [0.5, 0.6) is 0 Å². The number of benzene rings is 2. The fourth-order valence-corrected chi connectivity index (χ4v) is 5.40. The largest absolute Gasteiger partial charge is 0.467 e. The van der Waals surface area contributed by atoms with Gasteiger partial charge in [-0.1, -0.05) is 38.1 Å². The van der Waals surface area contributed by atoms with Crippen LogP contribution in [-0.2, 0) is 26.0 Å². The second-order valence-corrected chi connectivity index (χ2v) is 9.54. The number of para-hydroxylation sites is 1. The van der Waals surface area contributed by atoms with Gasteiger partial charge in [0, 0.05) is 11.6 Å². The second-order valence-electron chi connectivity index (χ2n) is 7.73. The number of carbonyl (C=O) groups is 2. The summed E-state index contributed by atoms with van der Waals surface area (Å²) in [5.41, 5.74) is 1.79. The summed E-state index contributed by atoms with van der Waals surface area (Å²) in [6.07, 6.45) is 0.630. The number of fused-ring (bicyclic) bond motifs is 1. The van der Waals surface area contributed by atoms with Crippen molar-refractivity contribution in [3.63, 3.8) is 0 Å². The van der Waals surface area contributed by atoms with Crippen molar-refractivity contribution in [1.82, 2.24) is 5.32 Å². The first-order valence-corrected chi connectivity index (χ1v) is 11.2. The Morgan fingerprint density at radius 2 is 1.83 bits per heavy atom. The molecule has 0 saturated heterocycles. The molecule has 2 atom stereocenters. The number of rotatable bonds is 6. The molecule has 3 rings (SSSR count). The summed E-state index contributed by atoms with van der Waals surface area (Å²) in [6.45, 7) is 5.43. The van der Waals surface area contributed by atoms with Crippen molar-refractivity contribution in [3.05, 3.63) is 59.7 Å². The maximum absolute atomic E-state index is 13.4. The van der Waals surface area contributed by atoms with Crippen LogP contribution in [0.1, 0.15) is 36.7 Å². The minimum atomic E-state index is -3.86. The third-order valence-electron chi connectivity index (χ3n) is 5.21. The van der Waals surface area contributed by atoms with Crippen molar-refractivity contribution in [2.75, 3.05) is 11.4 Å². The third-order valence-corrected chi connectivity index (χ3v) is 7.13. The lowest BCUT2D eigenvalue weighted by Crippen LogP contribution is -2.45. The zero-order valence-electron chi connectivity index (χ0n) is 17.5. The average molecular weight is 431 g/mol. The van der Waals surface area contributed by atoms with Gasteiger partial charge in [0.2, 0.25) is 0 Å². The topological polar surface area (TPSA) is 92.8 Å². The molecule has 7 nitrogen and oxygen atoms in total. The number of nitrogens with zero attached hydrogens (tertiary/aromatic N) is 1. The molecule has 0 bridgehead atoms. The first-order valence-electron chi connectivity index (χ1n) is 9.78. The summed E-state index contributed by atoms with van der Waals surface area (Å²) in [5, 5.41) is 2.63. The average Bonchev–Trinajstić information content (AvgIpc) is 3.07. The van der Waals surface area contributed by atoms with Crippen LogP contribution >= 0.6 is 0 Å². The number of hydrogen-bond donors (Lipinski definition) is 1. The number of amides is 1. The molecule has 2 aromatic rings. The molecule has 1 aliphatic heterocycles. The van der Waals surface area contributed by atoms with Gasteiger partial charge in [-0.2, -0.15) is 0 Å². The van der Waals surface area contributed by atoms with Crippen LogP contribution in [0.3, 0.4) is 0 Å². The summed E-state index contributed by atoms with van der Waals surface area (Å²) in [4.78, 5) is 24.7. The Morgan fingerprint density at radius 3 is 2.50 bits per heavy atom. The van der Waals surface area contributed by atoms with Gasteiger partial charge in [-0.05, 0) is 49.1 Å². The van der Waals surface area contributed by atoms with Gasteiger partial charge in [-0.25, -0.2) is 13.2 Å². The zero-order valence-corrected chi connectivity index (χ0v) is 18.3. The number of esters is 1. The molecule has 0 saturated carbocycles. The molecule has 160 valence electrons. The summed E-state index contributed by atoms with van der Waals surface area (Å²) in [7, 11) is -2.61.